The maximum absolute atomic E-state index is 14.4. The quantitative estimate of drug-likeness (QED) is 0.764. The predicted octanol–water partition coefficient (Wildman–Crippen LogP) is 3.42. The molecule has 6 nitrogen and oxygen atoms in total. The van der Waals surface area contributed by atoms with Gasteiger partial charge in [0.15, 0.2) is 0 Å². The lowest BCUT2D eigenvalue weighted by Crippen LogP contribution is -2.44. The van der Waals surface area contributed by atoms with E-state index >= 15 is 0 Å². The number of aromatic nitrogens is 1. The summed E-state index contributed by atoms with van der Waals surface area (Å²) in [5.74, 6) is -2.11. The van der Waals surface area contributed by atoms with Crippen LogP contribution >= 0.6 is 23.3 Å². The number of nitrogens with zero attached hydrogens (tertiary/aromatic N) is 2. The van der Waals surface area contributed by atoms with Gasteiger partial charge in [-0.2, -0.15) is 4.37 Å². The van der Waals surface area contributed by atoms with Crippen LogP contribution in [0.1, 0.15) is 17.9 Å². The SMILES string of the molecule is CC1(COc2sncc2N2C(C(N)=O)=CSC2c2c(F)cccc2F)COC1. The lowest BCUT2D eigenvalue weighted by atomic mass is 9.90. The first-order valence-corrected chi connectivity index (χ1v) is 10.1. The predicted molar refractivity (Wildman–Crippen MR) is 103 cm³/mol. The van der Waals surface area contributed by atoms with Gasteiger partial charge in [-0.1, -0.05) is 13.0 Å². The Balaban J connectivity index is 1.69. The van der Waals surface area contributed by atoms with Crippen molar-refractivity contribution in [2.24, 2.45) is 11.1 Å². The van der Waals surface area contributed by atoms with Crippen LogP contribution in [0.25, 0.3) is 0 Å². The fraction of sp³-hybridized carbons (Fsp3) is 0.333. The number of nitrogens with two attached hydrogens (primary N) is 1. The van der Waals surface area contributed by atoms with Crippen LogP contribution in [-0.4, -0.2) is 30.1 Å². The maximum atomic E-state index is 14.4. The van der Waals surface area contributed by atoms with Crippen molar-refractivity contribution in [3.8, 4) is 5.06 Å². The van der Waals surface area contributed by atoms with Crippen LogP contribution in [0.2, 0.25) is 0 Å². The van der Waals surface area contributed by atoms with Crippen molar-refractivity contribution in [1.29, 1.82) is 0 Å². The second-order valence-corrected chi connectivity index (χ2v) is 8.67. The van der Waals surface area contributed by atoms with Gasteiger partial charge in [-0.05, 0) is 12.1 Å². The monoisotopic (exact) mass is 425 g/mol. The molecule has 0 bridgehead atoms. The zero-order valence-electron chi connectivity index (χ0n) is 14.9. The van der Waals surface area contributed by atoms with Crippen LogP contribution in [0, 0.1) is 17.0 Å². The smallest absolute Gasteiger partial charge is 0.265 e. The number of anilines is 1. The van der Waals surface area contributed by atoms with Crippen LogP contribution in [0.5, 0.6) is 5.06 Å². The summed E-state index contributed by atoms with van der Waals surface area (Å²) in [6, 6.07) is 3.66. The first kappa shape index (κ1) is 19.2. The van der Waals surface area contributed by atoms with Crippen molar-refractivity contribution in [2.45, 2.75) is 12.3 Å². The van der Waals surface area contributed by atoms with Gasteiger partial charge in [0.25, 0.3) is 5.91 Å². The molecule has 1 saturated heterocycles. The molecule has 1 amide bonds. The molecule has 3 heterocycles. The molecule has 2 aliphatic heterocycles. The zero-order valence-corrected chi connectivity index (χ0v) is 16.5. The summed E-state index contributed by atoms with van der Waals surface area (Å²) in [6.07, 6.45) is 1.51. The Kier molecular flexibility index (Phi) is 5.02. The van der Waals surface area contributed by atoms with Crippen LogP contribution in [0.3, 0.4) is 0 Å². The second-order valence-electron chi connectivity index (χ2n) is 6.95. The number of halogens is 2. The zero-order chi connectivity index (χ0) is 19.9. The van der Waals surface area contributed by atoms with Gasteiger partial charge in [-0.15, -0.1) is 11.8 Å². The van der Waals surface area contributed by atoms with E-state index in [1.807, 2.05) is 6.92 Å². The molecule has 0 radical (unpaired) electrons. The van der Waals surface area contributed by atoms with Gasteiger partial charge in [0, 0.05) is 22.4 Å². The standard InChI is InChI=1S/C18H17F2N3O3S2/c1-18(7-25-8-18)9-26-17-12(5-22-28-17)23-13(15(21)24)6-27-16(23)14-10(19)3-2-4-11(14)20/h2-6,16H,7-9H2,1H3,(H2,21,24). The molecule has 0 saturated carbocycles. The molecule has 1 aromatic carbocycles. The first-order valence-electron chi connectivity index (χ1n) is 8.43. The molecule has 2 aliphatic rings. The van der Waals surface area contributed by atoms with Gasteiger partial charge >= 0.3 is 0 Å². The number of primary amides is 1. The van der Waals surface area contributed by atoms with Gasteiger partial charge in [0.2, 0.25) is 5.06 Å². The Hall–Kier alpha value is -2.17. The molecule has 0 spiro atoms. The summed E-state index contributed by atoms with van der Waals surface area (Å²) < 4.78 is 44.2. The van der Waals surface area contributed by atoms with E-state index in [4.69, 9.17) is 15.2 Å². The van der Waals surface area contributed by atoms with E-state index in [0.717, 1.165) is 23.3 Å². The Morgan fingerprint density at radius 3 is 2.75 bits per heavy atom. The fourth-order valence-corrected chi connectivity index (χ4v) is 4.81. The topological polar surface area (TPSA) is 77.7 Å². The Morgan fingerprint density at radius 2 is 2.14 bits per heavy atom. The van der Waals surface area contributed by atoms with Crippen molar-refractivity contribution in [3.05, 3.63) is 52.7 Å². The van der Waals surface area contributed by atoms with Gasteiger partial charge in [-0.3, -0.25) is 4.79 Å². The van der Waals surface area contributed by atoms with E-state index in [-0.39, 0.29) is 16.7 Å². The third-order valence-corrected chi connectivity index (χ3v) is 6.30. The van der Waals surface area contributed by atoms with Crippen molar-refractivity contribution in [2.75, 3.05) is 24.7 Å². The van der Waals surface area contributed by atoms with E-state index in [9.17, 15) is 13.6 Å². The Bertz CT molecular complexity index is 926. The van der Waals surface area contributed by atoms with Crippen molar-refractivity contribution in [1.82, 2.24) is 4.37 Å². The second kappa shape index (κ2) is 7.34. The number of benzene rings is 1. The Labute approximate surface area is 168 Å². The molecule has 148 valence electrons. The van der Waals surface area contributed by atoms with E-state index < -0.39 is 22.9 Å². The van der Waals surface area contributed by atoms with Crippen LogP contribution in [0.15, 0.2) is 35.5 Å². The number of rotatable bonds is 6. The highest BCUT2D eigenvalue weighted by molar-refractivity contribution is 8.02. The molecule has 10 heteroatoms. The molecule has 4 rings (SSSR count). The van der Waals surface area contributed by atoms with Crippen molar-refractivity contribution < 1.29 is 23.0 Å². The highest BCUT2D eigenvalue weighted by Crippen LogP contribution is 2.50. The highest BCUT2D eigenvalue weighted by atomic mass is 32.2. The first-order chi connectivity index (χ1) is 13.4. The van der Waals surface area contributed by atoms with Crippen molar-refractivity contribution in [3.63, 3.8) is 0 Å². The molecular weight excluding hydrogens is 408 g/mol. The highest BCUT2D eigenvalue weighted by Gasteiger charge is 2.39. The average molecular weight is 425 g/mol. The molecule has 2 N–H and O–H groups in total. The van der Waals surface area contributed by atoms with E-state index in [1.165, 1.54) is 34.7 Å². The minimum Gasteiger partial charge on any atom is -0.481 e. The molecule has 2 aromatic rings. The lowest BCUT2D eigenvalue weighted by Gasteiger charge is -2.37. The number of carbonyl (C=O) groups excluding carboxylic acids is 1. The van der Waals surface area contributed by atoms with E-state index in [0.29, 0.717) is 30.6 Å². The average Bonchev–Trinajstić information content (AvgIpc) is 3.24. The lowest BCUT2D eigenvalue weighted by molar-refractivity contribution is -0.119. The molecular formula is C18H17F2N3O3S2. The maximum Gasteiger partial charge on any atom is 0.265 e. The number of amides is 1. The van der Waals surface area contributed by atoms with Gasteiger partial charge < -0.3 is 20.1 Å². The minimum absolute atomic E-state index is 0.0968. The molecule has 1 aromatic heterocycles. The van der Waals surface area contributed by atoms with Gasteiger partial charge in [0.05, 0.1) is 31.6 Å². The number of carbonyl (C=O) groups is 1. The number of thioether (sulfide) groups is 1. The van der Waals surface area contributed by atoms with Crippen LogP contribution < -0.4 is 15.4 Å². The summed E-state index contributed by atoms with van der Waals surface area (Å²) >= 11 is 2.20. The fourth-order valence-electron chi connectivity index (χ4n) is 3.01. The number of ether oxygens (including phenoxy) is 2. The summed E-state index contributed by atoms with van der Waals surface area (Å²) in [5, 5.41) is 1.11. The van der Waals surface area contributed by atoms with Crippen LogP contribution in [0.4, 0.5) is 14.5 Å². The molecule has 28 heavy (non-hydrogen) atoms. The summed E-state index contributed by atoms with van der Waals surface area (Å²) in [6.45, 7) is 3.62. The van der Waals surface area contributed by atoms with Gasteiger partial charge in [0.1, 0.15) is 28.4 Å². The van der Waals surface area contributed by atoms with E-state index in [2.05, 4.69) is 4.37 Å². The largest absolute Gasteiger partial charge is 0.481 e. The van der Waals surface area contributed by atoms with Crippen molar-refractivity contribution >= 4 is 34.9 Å². The summed E-state index contributed by atoms with van der Waals surface area (Å²) in [5.41, 5.74) is 5.82. The Morgan fingerprint density at radius 1 is 1.43 bits per heavy atom. The minimum atomic E-state index is -0.843. The molecule has 1 atom stereocenters. The third kappa shape index (κ3) is 3.36. The molecule has 1 fully saturated rings. The van der Waals surface area contributed by atoms with Gasteiger partial charge in [-0.25, -0.2) is 8.78 Å². The number of hydrogen-bond donors (Lipinski definition) is 1. The number of hydrogen-bond acceptors (Lipinski definition) is 7. The molecule has 0 aliphatic carbocycles. The normalized spacial score (nSPS) is 20.6. The van der Waals surface area contributed by atoms with E-state index in [1.54, 1.807) is 0 Å². The molecule has 1 unspecified atom stereocenters. The summed E-state index contributed by atoms with van der Waals surface area (Å²) in [7, 11) is 0. The van der Waals surface area contributed by atoms with Crippen LogP contribution in [-0.2, 0) is 9.53 Å². The summed E-state index contributed by atoms with van der Waals surface area (Å²) in [4.78, 5) is 13.5. The third-order valence-electron chi connectivity index (χ3n) is 4.53.